The molecular weight excluding hydrogens is 697 g/mol. The lowest BCUT2D eigenvalue weighted by Crippen LogP contribution is -2.29. The molecule has 4 aromatic rings. The van der Waals surface area contributed by atoms with Gasteiger partial charge in [-0.1, -0.05) is 0 Å². The summed E-state index contributed by atoms with van der Waals surface area (Å²) >= 11 is 0. The van der Waals surface area contributed by atoms with Crippen molar-refractivity contribution in [2.24, 2.45) is 0 Å². The highest BCUT2D eigenvalue weighted by Crippen LogP contribution is 2.34. The zero-order valence-corrected chi connectivity index (χ0v) is 34.2. The minimum absolute atomic E-state index is 0.845. The summed E-state index contributed by atoms with van der Waals surface area (Å²) in [6.07, 6.45) is 9.15. The standard InChI is InChI=1S/C44H56N12/c1-9-53-25-49(5)21-37(53)41-29-13-15-31(45-29)42(38-22-50(6)26-54(38)10-2)33-17-19-35(47-33)44(40-24-52(8)28-56(40)12-4)36-20-18-34(48-36)43(32-16-14-30(41)46-32)39-23-51(7)27-55(39)11-3/h13-24,45-48H,9-12,25-28H2,1-8H3. The molecule has 5 aliphatic rings. The van der Waals surface area contributed by atoms with Crippen molar-refractivity contribution in [1.82, 2.24) is 59.1 Å². The monoisotopic (exact) mass is 752 g/mol. The number of likely N-dealkylation sites (N-methyl/N-ethyl adjacent to an activating group) is 4. The summed E-state index contributed by atoms with van der Waals surface area (Å²) in [5.74, 6) is 0. The zero-order valence-electron chi connectivity index (χ0n) is 34.2. The summed E-state index contributed by atoms with van der Waals surface area (Å²) in [6, 6.07) is 18.1. The summed E-state index contributed by atoms with van der Waals surface area (Å²) in [5, 5.41) is 4.29. The lowest BCUT2D eigenvalue weighted by atomic mass is 10.1. The number of rotatable bonds is 8. The van der Waals surface area contributed by atoms with E-state index in [9.17, 15) is 0 Å². The summed E-state index contributed by atoms with van der Waals surface area (Å²) in [4.78, 5) is 34.8. The van der Waals surface area contributed by atoms with Crippen LogP contribution in [0.15, 0.2) is 96.1 Å². The third-order valence-electron chi connectivity index (χ3n) is 11.8. The number of nitrogens with zero attached hydrogens (tertiary/aromatic N) is 8. The van der Waals surface area contributed by atoms with Crippen LogP contribution in [-0.4, -0.2) is 140 Å². The molecule has 9 rings (SSSR count). The molecule has 0 saturated carbocycles. The van der Waals surface area contributed by atoms with E-state index in [-0.39, 0.29) is 0 Å². The fraction of sp³-hybridized carbons (Fsp3) is 0.364. The molecule has 0 spiro atoms. The smallest absolute Gasteiger partial charge is 0.0896 e. The molecule has 12 nitrogen and oxygen atoms in total. The highest BCUT2D eigenvalue weighted by Gasteiger charge is 2.30. The van der Waals surface area contributed by atoms with Crippen molar-refractivity contribution >= 4 is 22.3 Å². The minimum atomic E-state index is 0.845. The lowest BCUT2D eigenvalue weighted by Gasteiger charge is -2.23. The van der Waals surface area contributed by atoms with Gasteiger partial charge in [0.1, 0.15) is 0 Å². The molecule has 12 heteroatoms. The summed E-state index contributed by atoms with van der Waals surface area (Å²) in [6.45, 7) is 16.0. The molecule has 0 unspecified atom stereocenters. The average molecular weight is 753 g/mol. The van der Waals surface area contributed by atoms with Gasteiger partial charge in [-0.3, -0.25) is 0 Å². The van der Waals surface area contributed by atoms with Crippen molar-refractivity contribution < 1.29 is 0 Å². The lowest BCUT2D eigenvalue weighted by molar-refractivity contribution is 0.300. The Labute approximate surface area is 329 Å². The van der Waals surface area contributed by atoms with Crippen LogP contribution in [0.3, 0.4) is 0 Å². The van der Waals surface area contributed by atoms with E-state index in [1.165, 1.54) is 22.8 Å². The van der Waals surface area contributed by atoms with Crippen LogP contribution >= 0.6 is 0 Å². The van der Waals surface area contributed by atoms with Gasteiger partial charge in [-0.15, -0.1) is 0 Å². The van der Waals surface area contributed by atoms with Crippen LogP contribution in [0.1, 0.15) is 50.5 Å². The number of hydrogen-bond acceptors (Lipinski definition) is 8. The average Bonchev–Trinajstić information content (AvgIpc) is 4.03. The van der Waals surface area contributed by atoms with Gasteiger partial charge in [0.2, 0.25) is 0 Å². The molecule has 4 N–H and O–H groups in total. The summed E-state index contributed by atoms with van der Waals surface area (Å²) in [5.41, 5.74) is 13.7. The van der Waals surface area contributed by atoms with Gasteiger partial charge >= 0.3 is 0 Å². The Morgan fingerprint density at radius 3 is 0.804 bits per heavy atom. The molecule has 4 aromatic heterocycles. The fourth-order valence-corrected chi connectivity index (χ4v) is 9.11. The van der Waals surface area contributed by atoms with Crippen molar-refractivity contribution in [3.63, 3.8) is 0 Å². The number of aromatic nitrogens is 4. The Morgan fingerprint density at radius 2 is 0.589 bits per heavy atom. The largest absolute Gasteiger partial charge is 0.361 e. The molecule has 0 atom stereocenters. The highest BCUT2D eigenvalue weighted by atomic mass is 15.4. The second-order valence-electron chi connectivity index (χ2n) is 15.7. The number of hydrogen-bond donors (Lipinski definition) is 4. The number of fused-ring (bicyclic) bond motifs is 8. The molecule has 0 aromatic carbocycles. The first kappa shape index (κ1) is 35.6. The Balaban J connectivity index is 1.41. The molecule has 0 aliphatic carbocycles. The van der Waals surface area contributed by atoms with Gasteiger partial charge < -0.3 is 59.1 Å². The van der Waals surface area contributed by atoms with Gasteiger partial charge in [-0.05, 0) is 76.2 Å². The first-order valence-electron chi connectivity index (χ1n) is 20.1. The van der Waals surface area contributed by atoms with Gasteiger partial charge in [0.05, 0.1) is 93.6 Å². The predicted molar refractivity (Wildman–Crippen MR) is 224 cm³/mol. The Bertz CT molecular complexity index is 2210. The first-order chi connectivity index (χ1) is 27.2. The Hall–Kier alpha value is -6.04. The van der Waals surface area contributed by atoms with Gasteiger partial charge in [0, 0.05) is 101 Å². The molecule has 0 radical (unpaired) electrons. The van der Waals surface area contributed by atoms with Crippen LogP contribution < -0.4 is 21.4 Å². The quantitative estimate of drug-likeness (QED) is 0.219. The van der Waals surface area contributed by atoms with E-state index in [2.05, 4.69) is 188 Å². The fourth-order valence-electron chi connectivity index (χ4n) is 9.11. The number of aromatic amines is 4. The maximum absolute atomic E-state index is 3.98. The van der Waals surface area contributed by atoms with Gasteiger partial charge in [0.15, 0.2) is 0 Å². The topological polar surface area (TPSA) is 89.1 Å². The van der Waals surface area contributed by atoms with E-state index in [0.717, 1.165) is 119 Å². The van der Waals surface area contributed by atoms with E-state index in [0.29, 0.717) is 0 Å². The minimum Gasteiger partial charge on any atom is -0.361 e. The molecule has 5 aliphatic heterocycles. The van der Waals surface area contributed by atoms with E-state index in [4.69, 9.17) is 0 Å². The number of H-pyrrole nitrogens is 4. The molecule has 0 saturated heterocycles. The summed E-state index contributed by atoms with van der Waals surface area (Å²) in [7, 11) is 8.63. The van der Waals surface area contributed by atoms with E-state index >= 15 is 0 Å². The van der Waals surface area contributed by atoms with Gasteiger partial charge in [-0.25, -0.2) is 0 Å². The number of nitrogens with one attached hydrogen (secondary N) is 4. The molecule has 9 heterocycles. The van der Waals surface area contributed by atoms with Crippen molar-refractivity contribution in [3.8, 4) is 0 Å². The Kier molecular flexibility index (Phi) is 8.86. The molecule has 0 amide bonds. The van der Waals surface area contributed by atoms with Crippen LogP contribution in [0.5, 0.6) is 0 Å². The zero-order chi connectivity index (χ0) is 38.8. The van der Waals surface area contributed by atoms with E-state index in [1.807, 2.05) is 0 Å². The second-order valence-corrected chi connectivity index (χ2v) is 15.7. The molecule has 8 bridgehead atoms. The molecule has 0 fully saturated rings. The summed E-state index contributed by atoms with van der Waals surface area (Å²) < 4.78 is 0. The predicted octanol–water partition coefficient (Wildman–Crippen LogP) is 2.37. The van der Waals surface area contributed by atoms with Crippen LogP contribution in [0.25, 0.3) is 22.3 Å². The van der Waals surface area contributed by atoms with E-state index in [1.54, 1.807) is 0 Å². The van der Waals surface area contributed by atoms with Gasteiger partial charge in [-0.2, -0.15) is 0 Å². The third kappa shape index (κ3) is 5.89. The third-order valence-corrected chi connectivity index (χ3v) is 11.8. The van der Waals surface area contributed by atoms with Crippen LogP contribution in [-0.2, 0) is 0 Å². The van der Waals surface area contributed by atoms with Gasteiger partial charge in [0.25, 0.3) is 0 Å². The van der Waals surface area contributed by atoms with Crippen molar-refractivity contribution in [2.45, 2.75) is 27.7 Å². The SMILES string of the molecule is CCN1CN(C)C=C1C1=c2ccc([nH]2)=C(C2=CN(C)CN2CC)c2ccc([nH]2)C(C2=CN(C)CN2CC)=c2ccc([nH]2)=C(C2=CN(C)CN2CC)c2ccc1[nH]2. The van der Waals surface area contributed by atoms with Crippen molar-refractivity contribution in [1.29, 1.82) is 0 Å². The Morgan fingerprint density at radius 1 is 0.357 bits per heavy atom. The van der Waals surface area contributed by atoms with Crippen LogP contribution in [0, 0.1) is 0 Å². The molecular formula is C44H56N12. The first-order valence-corrected chi connectivity index (χ1v) is 20.1. The molecule has 292 valence electrons. The number of allylic oxidation sites excluding steroid dienone is 4. The van der Waals surface area contributed by atoms with E-state index < -0.39 is 0 Å². The van der Waals surface area contributed by atoms with Crippen molar-refractivity contribution in [2.75, 3.05) is 81.0 Å². The maximum Gasteiger partial charge on any atom is 0.0896 e. The normalized spacial score (nSPS) is 18.7. The molecule has 56 heavy (non-hydrogen) atoms. The van der Waals surface area contributed by atoms with Crippen molar-refractivity contribution in [3.05, 3.63) is 140 Å². The van der Waals surface area contributed by atoms with Crippen LogP contribution in [0.2, 0.25) is 0 Å². The highest BCUT2D eigenvalue weighted by molar-refractivity contribution is 5.84. The second kappa shape index (κ2) is 13.9. The van der Waals surface area contributed by atoms with Crippen LogP contribution in [0.4, 0.5) is 0 Å². The maximum atomic E-state index is 3.98.